The van der Waals surface area contributed by atoms with Gasteiger partial charge in [0, 0.05) is 37.0 Å². The monoisotopic (exact) mass is 407 g/mol. The molecule has 5 nitrogen and oxygen atoms in total. The van der Waals surface area contributed by atoms with Crippen molar-refractivity contribution in [3.63, 3.8) is 0 Å². The third-order valence-corrected chi connectivity index (χ3v) is 5.68. The van der Waals surface area contributed by atoms with Gasteiger partial charge in [-0.25, -0.2) is 0 Å². The summed E-state index contributed by atoms with van der Waals surface area (Å²) >= 11 is 0. The van der Waals surface area contributed by atoms with Gasteiger partial charge in [0.25, 0.3) is 5.56 Å². The number of hydrogen-bond donors (Lipinski definition) is 1. The highest BCUT2D eigenvalue weighted by atomic mass is 19.4. The summed E-state index contributed by atoms with van der Waals surface area (Å²) in [4.78, 5) is 19.4. The Morgan fingerprint density at radius 3 is 2.72 bits per heavy atom. The smallest absolute Gasteiger partial charge is 0.377 e. The maximum Gasteiger partial charge on any atom is 0.416 e. The molecule has 0 radical (unpaired) electrons. The van der Waals surface area contributed by atoms with Gasteiger partial charge >= 0.3 is 6.18 Å². The van der Waals surface area contributed by atoms with Crippen molar-refractivity contribution < 1.29 is 17.9 Å². The van der Waals surface area contributed by atoms with Crippen LogP contribution in [0.15, 0.2) is 41.2 Å². The molecule has 3 heterocycles. The van der Waals surface area contributed by atoms with Gasteiger partial charge in [0.2, 0.25) is 0 Å². The number of ether oxygens (including phenoxy) is 1. The van der Waals surface area contributed by atoms with Gasteiger partial charge in [0.05, 0.1) is 24.8 Å². The molecule has 0 aliphatic carbocycles. The van der Waals surface area contributed by atoms with E-state index in [1.54, 1.807) is 12.1 Å². The van der Waals surface area contributed by atoms with E-state index < -0.39 is 11.7 Å². The second-order valence-corrected chi connectivity index (χ2v) is 7.68. The Morgan fingerprint density at radius 1 is 1.14 bits per heavy atom. The summed E-state index contributed by atoms with van der Waals surface area (Å²) in [6, 6.07) is 8.92. The molecule has 8 heteroatoms. The van der Waals surface area contributed by atoms with Gasteiger partial charge in [0.15, 0.2) is 0 Å². The van der Waals surface area contributed by atoms with Crippen LogP contribution in [0.25, 0.3) is 0 Å². The van der Waals surface area contributed by atoms with E-state index in [1.807, 2.05) is 17.9 Å². The maximum atomic E-state index is 13.1. The first-order valence-corrected chi connectivity index (χ1v) is 9.85. The summed E-state index contributed by atoms with van der Waals surface area (Å²) in [7, 11) is 0. The van der Waals surface area contributed by atoms with Crippen LogP contribution in [0.4, 0.5) is 24.7 Å². The SMILES string of the molecule is C[C@@H]1COCCN1c1cc(N2CCC[C@H]2c2cccc(C(F)(F)F)c2)[nH]c(=O)c1. The number of alkyl halides is 3. The predicted octanol–water partition coefficient (Wildman–Crippen LogP) is 3.96. The molecular weight excluding hydrogens is 383 g/mol. The molecule has 4 rings (SSSR count). The molecule has 1 aromatic carbocycles. The molecule has 0 amide bonds. The maximum absolute atomic E-state index is 13.1. The molecule has 0 bridgehead atoms. The molecule has 29 heavy (non-hydrogen) atoms. The number of aromatic amines is 1. The number of H-pyrrole nitrogens is 1. The van der Waals surface area contributed by atoms with Crippen LogP contribution in [0, 0.1) is 0 Å². The number of nitrogens with one attached hydrogen (secondary N) is 1. The zero-order valence-corrected chi connectivity index (χ0v) is 16.2. The number of halogens is 3. The van der Waals surface area contributed by atoms with Crippen LogP contribution in [0.3, 0.4) is 0 Å². The molecule has 2 aromatic rings. The summed E-state index contributed by atoms with van der Waals surface area (Å²) in [5, 5.41) is 0. The van der Waals surface area contributed by atoms with Crippen molar-refractivity contribution >= 4 is 11.5 Å². The molecule has 2 fully saturated rings. The number of aromatic nitrogens is 1. The van der Waals surface area contributed by atoms with Crippen LogP contribution in [0.5, 0.6) is 0 Å². The Kier molecular flexibility index (Phi) is 5.29. The van der Waals surface area contributed by atoms with Crippen molar-refractivity contribution in [2.45, 2.75) is 38.0 Å². The van der Waals surface area contributed by atoms with Gasteiger partial charge in [-0.3, -0.25) is 4.79 Å². The first-order valence-electron chi connectivity index (χ1n) is 9.85. The van der Waals surface area contributed by atoms with E-state index in [1.165, 1.54) is 12.1 Å². The van der Waals surface area contributed by atoms with E-state index in [0.717, 1.165) is 24.6 Å². The van der Waals surface area contributed by atoms with E-state index in [4.69, 9.17) is 4.74 Å². The Hall–Kier alpha value is -2.48. The van der Waals surface area contributed by atoms with Crippen LogP contribution in [0.1, 0.15) is 36.9 Å². The van der Waals surface area contributed by atoms with Crippen LogP contribution in [0.2, 0.25) is 0 Å². The normalized spacial score (nSPS) is 22.9. The number of anilines is 2. The fourth-order valence-corrected chi connectivity index (χ4v) is 4.27. The van der Waals surface area contributed by atoms with Gasteiger partial charge in [-0.05, 0) is 37.5 Å². The van der Waals surface area contributed by atoms with Crippen molar-refractivity contribution in [1.29, 1.82) is 0 Å². The number of nitrogens with zero attached hydrogens (tertiary/aromatic N) is 2. The standard InChI is InChI=1S/C21H24F3N3O2/c1-14-13-29-9-8-26(14)17-11-19(25-20(28)12-17)27-7-3-6-18(27)15-4-2-5-16(10-15)21(22,23)24/h2,4-5,10-12,14,18H,3,6-9,13H2,1H3,(H,25,28)/t14-,18+/m1/s1. The average Bonchev–Trinajstić information content (AvgIpc) is 3.17. The Morgan fingerprint density at radius 2 is 1.97 bits per heavy atom. The second-order valence-electron chi connectivity index (χ2n) is 7.68. The van der Waals surface area contributed by atoms with Crippen molar-refractivity contribution in [3.05, 3.63) is 57.9 Å². The first-order chi connectivity index (χ1) is 13.8. The van der Waals surface area contributed by atoms with Gasteiger partial charge in [-0.2, -0.15) is 13.2 Å². The third-order valence-electron chi connectivity index (χ3n) is 5.68. The predicted molar refractivity (Wildman–Crippen MR) is 105 cm³/mol. The molecule has 2 aliphatic heterocycles. The number of pyridine rings is 1. The summed E-state index contributed by atoms with van der Waals surface area (Å²) in [5.74, 6) is 0.645. The molecule has 0 spiro atoms. The molecule has 1 aromatic heterocycles. The molecule has 0 unspecified atom stereocenters. The van der Waals surface area contributed by atoms with Crippen molar-refractivity contribution in [2.24, 2.45) is 0 Å². The van der Waals surface area contributed by atoms with E-state index in [0.29, 0.717) is 37.7 Å². The second kappa shape index (κ2) is 7.74. The van der Waals surface area contributed by atoms with Gasteiger partial charge in [-0.15, -0.1) is 0 Å². The Labute approximate surface area is 167 Å². The molecule has 2 atom stereocenters. The van der Waals surface area contributed by atoms with Gasteiger partial charge < -0.3 is 19.5 Å². The molecule has 2 saturated heterocycles. The van der Waals surface area contributed by atoms with Crippen LogP contribution >= 0.6 is 0 Å². The first kappa shape index (κ1) is 19.8. The number of benzene rings is 1. The highest BCUT2D eigenvalue weighted by Crippen LogP contribution is 2.38. The summed E-state index contributed by atoms with van der Waals surface area (Å²) < 4.78 is 44.9. The fraction of sp³-hybridized carbons (Fsp3) is 0.476. The third kappa shape index (κ3) is 4.12. The topological polar surface area (TPSA) is 48.6 Å². The molecule has 156 valence electrons. The summed E-state index contributed by atoms with van der Waals surface area (Å²) in [6.07, 6.45) is -2.79. The van der Waals surface area contributed by atoms with Gasteiger partial charge in [-0.1, -0.05) is 12.1 Å². The minimum atomic E-state index is -4.37. The Balaban J connectivity index is 1.67. The molecule has 2 aliphatic rings. The lowest BCUT2D eigenvalue weighted by molar-refractivity contribution is -0.137. The lowest BCUT2D eigenvalue weighted by Crippen LogP contribution is -2.44. The summed E-state index contributed by atoms with van der Waals surface area (Å²) in [5.41, 5.74) is 0.565. The van der Waals surface area contributed by atoms with Gasteiger partial charge in [0.1, 0.15) is 5.82 Å². The molecular formula is C21H24F3N3O2. The number of rotatable bonds is 3. The highest BCUT2D eigenvalue weighted by molar-refractivity contribution is 5.57. The average molecular weight is 407 g/mol. The number of morpholine rings is 1. The fourth-order valence-electron chi connectivity index (χ4n) is 4.27. The zero-order chi connectivity index (χ0) is 20.6. The van der Waals surface area contributed by atoms with E-state index in [9.17, 15) is 18.0 Å². The Bertz CT molecular complexity index is 928. The zero-order valence-electron chi connectivity index (χ0n) is 16.2. The lowest BCUT2D eigenvalue weighted by atomic mass is 10.0. The van der Waals surface area contributed by atoms with E-state index >= 15 is 0 Å². The highest BCUT2D eigenvalue weighted by Gasteiger charge is 2.33. The minimum absolute atomic E-state index is 0.149. The van der Waals surface area contributed by atoms with Crippen molar-refractivity contribution in [1.82, 2.24) is 4.98 Å². The van der Waals surface area contributed by atoms with Crippen LogP contribution in [-0.4, -0.2) is 37.3 Å². The lowest BCUT2D eigenvalue weighted by Gasteiger charge is -2.36. The minimum Gasteiger partial charge on any atom is -0.377 e. The molecule has 1 N–H and O–H groups in total. The van der Waals surface area contributed by atoms with Crippen molar-refractivity contribution in [2.75, 3.05) is 36.1 Å². The quantitative estimate of drug-likeness (QED) is 0.837. The van der Waals surface area contributed by atoms with Crippen LogP contribution < -0.4 is 15.4 Å². The van der Waals surface area contributed by atoms with E-state index in [2.05, 4.69) is 9.88 Å². The van der Waals surface area contributed by atoms with E-state index in [-0.39, 0.29) is 17.6 Å². The summed E-state index contributed by atoms with van der Waals surface area (Å²) in [6.45, 7) is 4.61. The largest absolute Gasteiger partial charge is 0.416 e. The van der Waals surface area contributed by atoms with Crippen LogP contribution in [-0.2, 0) is 10.9 Å². The number of hydrogen-bond acceptors (Lipinski definition) is 4. The van der Waals surface area contributed by atoms with Crippen molar-refractivity contribution in [3.8, 4) is 0 Å². The molecule has 0 saturated carbocycles.